The average molecular weight is 337 g/mol. The van der Waals surface area contributed by atoms with E-state index in [9.17, 15) is 10.1 Å². The van der Waals surface area contributed by atoms with Gasteiger partial charge in [-0.1, -0.05) is 79.7 Å². The molecule has 130 valence electrons. The molecule has 25 heavy (non-hydrogen) atoms. The SMILES string of the molecule is CC(C)[C@@H]1/C(=N\O)C[C@@H](c2ccccc2)N(N=O)[C@H]1c1ccccc1. The fourth-order valence-electron chi connectivity index (χ4n) is 3.89. The molecule has 3 rings (SSSR count). The third kappa shape index (κ3) is 3.27. The van der Waals surface area contributed by atoms with E-state index >= 15 is 0 Å². The lowest BCUT2D eigenvalue weighted by Gasteiger charge is -2.45. The molecule has 0 amide bonds. The van der Waals surface area contributed by atoms with Gasteiger partial charge in [-0.3, -0.25) is 0 Å². The van der Waals surface area contributed by atoms with Gasteiger partial charge in [-0.25, -0.2) is 5.01 Å². The van der Waals surface area contributed by atoms with Crippen molar-refractivity contribution in [3.63, 3.8) is 0 Å². The standard InChI is InChI=1S/C20H23N3O2/c1-14(2)19-17(21-24)13-18(15-9-5-3-6-10-15)23(22-25)20(19)16-11-7-4-8-12-16/h3-12,14,18-20,24H,13H2,1-2H3/b21-17-/t18-,19+,20-/m0/s1. The lowest BCUT2D eigenvalue weighted by molar-refractivity contribution is 0.0747. The molecule has 0 bridgehead atoms. The summed E-state index contributed by atoms with van der Waals surface area (Å²) in [5.74, 6) is 0.127. The third-order valence-corrected chi connectivity index (χ3v) is 5.00. The number of nitrogens with zero attached hydrogens (tertiary/aromatic N) is 3. The molecule has 5 nitrogen and oxygen atoms in total. The number of piperidine rings is 1. The van der Waals surface area contributed by atoms with E-state index in [1.807, 2.05) is 60.7 Å². The van der Waals surface area contributed by atoms with E-state index in [1.54, 1.807) is 5.01 Å². The average Bonchev–Trinajstić information content (AvgIpc) is 2.67. The van der Waals surface area contributed by atoms with Gasteiger partial charge in [-0.15, -0.1) is 4.91 Å². The molecule has 1 saturated heterocycles. The van der Waals surface area contributed by atoms with Crippen LogP contribution in [0.5, 0.6) is 0 Å². The fourth-order valence-corrected chi connectivity index (χ4v) is 3.89. The van der Waals surface area contributed by atoms with Crippen LogP contribution >= 0.6 is 0 Å². The molecule has 0 aliphatic carbocycles. The highest BCUT2D eigenvalue weighted by Gasteiger charge is 2.44. The normalized spacial score (nSPS) is 25.3. The lowest BCUT2D eigenvalue weighted by atomic mass is 9.74. The van der Waals surface area contributed by atoms with Gasteiger partial charge in [0, 0.05) is 12.3 Å². The van der Waals surface area contributed by atoms with E-state index in [0.717, 1.165) is 16.8 Å². The first-order valence-corrected chi connectivity index (χ1v) is 8.59. The zero-order valence-corrected chi connectivity index (χ0v) is 14.5. The predicted molar refractivity (Wildman–Crippen MR) is 98.2 cm³/mol. The van der Waals surface area contributed by atoms with Gasteiger partial charge in [0.2, 0.25) is 0 Å². The molecule has 0 aromatic heterocycles. The largest absolute Gasteiger partial charge is 0.411 e. The molecule has 0 radical (unpaired) electrons. The van der Waals surface area contributed by atoms with Crippen LogP contribution in [0.1, 0.15) is 43.5 Å². The number of benzene rings is 2. The zero-order valence-electron chi connectivity index (χ0n) is 14.5. The maximum absolute atomic E-state index is 11.9. The van der Waals surface area contributed by atoms with Crippen molar-refractivity contribution in [3.8, 4) is 0 Å². The van der Waals surface area contributed by atoms with Crippen molar-refractivity contribution in [1.29, 1.82) is 0 Å². The van der Waals surface area contributed by atoms with Gasteiger partial charge in [0.15, 0.2) is 0 Å². The van der Waals surface area contributed by atoms with Crippen LogP contribution in [-0.4, -0.2) is 15.9 Å². The predicted octanol–water partition coefficient (Wildman–Crippen LogP) is 4.96. The molecule has 3 atom stereocenters. The van der Waals surface area contributed by atoms with Gasteiger partial charge in [-0.2, -0.15) is 0 Å². The monoisotopic (exact) mass is 337 g/mol. The van der Waals surface area contributed by atoms with Gasteiger partial charge in [0.25, 0.3) is 0 Å². The first-order chi connectivity index (χ1) is 12.2. The van der Waals surface area contributed by atoms with Crippen LogP contribution in [0.3, 0.4) is 0 Å². The quantitative estimate of drug-likeness (QED) is 0.487. The highest BCUT2D eigenvalue weighted by molar-refractivity contribution is 5.89. The number of hydrogen-bond acceptors (Lipinski definition) is 4. The third-order valence-electron chi connectivity index (χ3n) is 5.00. The minimum Gasteiger partial charge on any atom is -0.411 e. The van der Waals surface area contributed by atoms with Gasteiger partial charge in [-0.05, 0) is 17.0 Å². The number of oxime groups is 1. The van der Waals surface area contributed by atoms with E-state index in [2.05, 4.69) is 24.3 Å². The second-order valence-electron chi connectivity index (χ2n) is 6.81. The summed E-state index contributed by atoms with van der Waals surface area (Å²) in [4.78, 5) is 11.9. The van der Waals surface area contributed by atoms with Crippen LogP contribution in [-0.2, 0) is 0 Å². The van der Waals surface area contributed by atoms with E-state index in [0.29, 0.717) is 6.42 Å². The van der Waals surface area contributed by atoms with E-state index in [-0.39, 0.29) is 23.9 Å². The Morgan fingerprint density at radius 2 is 1.56 bits per heavy atom. The smallest absolute Gasteiger partial charge is 0.0843 e. The van der Waals surface area contributed by atoms with Crippen molar-refractivity contribution < 1.29 is 5.21 Å². The first-order valence-electron chi connectivity index (χ1n) is 8.59. The van der Waals surface area contributed by atoms with Crippen molar-refractivity contribution in [2.75, 3.05) is 0 Å². The van der Waals surface area contributed by atoms with Crippen molar-refractivity contribution >= 4 is 5.71 Å². The fraction of sp³-hybridized carbons (Fsp3) is 0.350. The van der Waals surface area contributed by atoms with E-state index < -0.39 is 0 Å². The van der Waals surface area contributed by atoms with Crippen LogP contribution < -0.4 is 0 Å². The van der Waals surface area contributed by atoms with E-state index in [1.165, 1.54) is 0 Å². The molecular weight excluding hydrogens is 314 g/mol. The molecule has 1 aliphatic rings. The van der Waals surface area contributed by atoms with Gasteiger partial charge >= 0.3 is 0 Å². The summed E-state index contributed by atoms with van der Waals surface area (Å²) in [6, 6.07) is 19.2. The van der Waals surface area contributed by atoms with Gasteiger partial charge in [0.05, 0.1) is 23.1 Å². The summed E-state index contributed by atoms with van der Waals surface area (Å²) >= 11 is 0. The van der Waals surface area contributed by atoms with Gasteiger partial charge < -0.3 is 5.21 Å². The molecule has 2 aromatic carbocycles. The summed E-state index contributed by atoms with van der Waals surface area (Å²) in [7, 11) is 0. The maximum atomic E-state index is 11.9. The molecule has 1 aliphatic heterocycles. The molecule has 1 fully saturated rings. The van der Waals surface area contributed by atoms with Crippen LogP contribution in [0.25, 0.3) is 0 Å². The van der Waals surface area contributed by atoms with Gasteiger partial charge in [0.1, 0.15) is 0 Å². The highest BCUT2D eigenvalue weighted by Crippen LogP contribution is 2.46. The van der Waals surface area contributed by atoms with Crippen molar-refractivity contribution in [2.45, 2.75) is 32.4 Å². The van der Waals surface area contributed by atoms with Crippen LogP contribution in [0.15, 0.2) is 71.1 Å². The zero-order chi connectivity index (χ0) is 17.8. The summed E-state index contributed by atoms with van der Waals surface area (Å²) in [6.07, 6.45) is 0.485. The van der Waals surface area contributed by atoms with Crippen LogP contribution in [0, 0.1) is 16.7 Å². The number of nitroso groups, excluding NO2 is 1. The first kappa shape index (κ1) is 17.1. The minimum atomic E-state index is -0.261. The van der Waals surface area contributed by atoms with Crippen LogP contribution in [0.2, 0.25) is 0 Å². The van der Waals surface area contributed by atoms with Crippen molar-refractivity contribution in [3.05, 3.63) is 76.7 Å². The van der Waals surface area contributed by atoms with Crippen molar-refractivity contribution in [2.24, 2.45) is 22.3 Å². The Labute approximate surface area is 147 Å². The second kappa shape index (κ2) is 7.47. The molecule has 1 N–H and O–H groups in total. The molecule has 5 heteroatoms. The Morgan fingerprint density at radius 1 is 1.00 bits per heavy atom. The number of rotatable bonds is 4. The van der Waals surface area contributed by atoms with Crippen molar-refractivity contribution in [1.82, 2.24) is 5.01 Å². The molecule has 0 saturated carbocycles. The topological polar surface area (TPSA) is 65.3 Å². The summed E-state index contributed by atoms with van der Waals surface area (Å²) in [5.41, 5.74) is 2.71. The second-order valence-corrected chi connectivity index (χ2v) is 6.81. The summed E-state index contributed by atoms with van der Waals surface area (Å²) < 4.78 is 0. The summed E-state index contributed by atoms with van der Waals surface area (Å²) in [6.45, 7) is 4.16. The van der Waals surface area contributed by atoms with Crippen LogP contribution in [0.4, 0.5) is 0 Å². The molecule has 1 heterocycles. The Bertz CT molecular complexity index is 731. The maximum Gasteiger partial charge on any atom is 0.0843 e. The molecular formula is C20H23N3O2. The minimum absolute atomic E-state index is 0.0786. The Morgan fingerprint density at radius 3 is 2.04 bits per heavy atom. The Hall–Kier alpha value is -2.69. The number of hydrogen-bond donors (Lipinski definition) is 1. The summed E-state index contributed by atoms with van der Waals surface area (Å²) in [5, 5.41) is 18.3. The van der Waals surface area contributed by atoms with E-state index in [4.69, 9.17) is 0 Å². The molecule has 0 unspecified atom stereocenters. The molecule has 2 aromatic rings. The Kier molecular flexibility index (Phi) is 5.12. The molecule has 0 spiro atoms. The lowest BCUT2D eigenvalue weighted by Crippen LogP contribution is -2.45. The highest BCUT2D eigenvalue weighted by atomic mass is 16.4. The Balaban J connectivity index is 2.12.